The topological polar surface area (TPSA) is 32.3 Å². The van der Waals surface area contributed by atoms with E-state index in [1.165, 1.54) is 11.1 Å². The van der Waals surface area contributed by atoms with Crippen molar-refractivity contribution < 1.29 is 4.79 Å². The van der Waals surface area contributed by atoms with Gasteiger partial charge in [-0.3, -0.25) is 4.79 Å². The van der Waals surface area contributed by atoms with Gasteiger partial charge in [0.05, 0.1) is 5.54 Å². The maximum absolute atomic E-state index is 12.7. The molecule has 0 bridgehead atoms. The first-order valence-electron chi connectivity index (χ1n) is 7.30. The summed E-state index contributed by atoms with van der Waals surface area (Å²) in [5.74, 6) is 0.290. The van der Waals surface area contributed by atoms with Crippen molar-refractivity contribution in [3.8, 4) is 0 Å². The predicted molar refractivity (Wildman–Crippen MR) is 76.1 cm³/mol. The number of carbonyl (C=O) groups excluding carboxylic acids is 1. The number of fused-ring (bicyclic) bond motifs is 1. The highest BCUT2D eigenvalue weighted by molar-refractivity contribution is 5.86. The molecule has 1 aromatic carbocycles. The van der Waals surface area contributed by atoms with E-state index in [0.29, 0.717) is 0 Å². The van der Waals surface area contributed by atoms with E-state index in [2.05, 4.69) is 41.4 Å². The minimum Gasteiger partial charge on any atom is -0.340 e. The molecule has 0 radical (unpaired) electrons. The number of carbonyl (C=O) groups is 1. The van der Waals surface area contributed by atoms with Gasteiger partial charge < -0.3 is 10.2 Å². The first kappa shape index (κ1) is 12.7. The zero-order chi connectivity index (χ0) is 13.3. The molecule has 0 spiro atoms. The molecule has 0 saturated carbocycles. The fourth-order valence-electron chi connectivity index (χ4n) is 3.30. The third-order valence-corrected chi connectivity index (χ3v) is 4.55. The number of amides is 1. The van der Waals surface area contributed by atoms with Crippen LogP contribution < -0.4 is 5.32 Å². The molecular weight excluding hydrogens is 236 g/mol. The maximum Gasteiger partial charge on any atom is 0.242 e. The minimum atomic E-state index is -0.323. The molecule has 1 fully saturated rings. The van der Waals surface area contributed by atoms with Crippen molar-refractivity contribution in [2.24, 2.45) is 0 Å². The Kier molecular flexibility index (Phi) is 3.31. The number of rotatable bonds is 1. The van der Waals surface area contributed by atoms with Gasteiger partial charge in [-0.05, 0) is 50.3 Å². The summed E-state index contributed by atoms with van der Waals surface area (Å²) in [6.45, 7) is 4.73. The summed E-state index contributed by atoms with van der Waals surface area (Å²) >= 11 is 0. The van der Waals surface area contributed by atoms with Gasteiger partial charge in [0.25, 0.3) is 0 Å². The summed E-state index contributed by atoms with van der Waals surface area (Å²) in [7, 11) is 0. The lowest BCUT2D eigenvalue weighted by Crippen LogP contribution is -2.53. The molecule has 1 saturated heterocycles. The summed E-state index contributed by atoms with van der Waals surface area (Å²) in [4.78, 5) is 14.7. The second-order valence-corrected chi connectivity index (χ2v) is 5.92. The number of nitrogens with one attached hydrogen (secondary N) is 1. The molecule has 3 heteroatoms. The first-order valence-corrected chi connectivity index (χ1v) is 7.30. The molecular formula is C16H22N2O. The minimum absolute atomic E-state index is 0.290. The Morgan fingerprint density at radius 3 is 2.37 bits per heavy atom. The molecule has 1 N–H and O–H groups in total. The van der Waals surface area contributed by atoms with Crippen LogP contribution in [0.5, 0.6) is 0 Å². The molecule has 3 nitrogen and oxygen atoms in total. The van der Waals surface area contributed by atoms with Gasteiger partial charge >= 0.3 is 0 Å². The van der Waals surface area contributed by atoms with Crippen LogP contribution in [0.3, 0.4) is 0 Å². The zero-order valence-corrected chi connectivity index (χ0v) is 11.6. The van der Waals surface area contributed by atoms with Crippen LogP contribution in [0.1, 0.15) is 30.9 Å². The molecule has 1 atom stereocenters. The molecule has 1 unspecified atom stereocenters. The van der Waals surface area contributed by atoms with Crippen LogP contribution in [0, 0.1) is 0 Å². The second kappa shape index (κ2) is 4.97. The maximum atomic E-state index is 12.7. The summed E-state index contributed by atoms with van der Waals surface area (Å²) in [5.41, 5.74) is 2.49. The number of nitrogens with zero attached hydrogens (tertiary/aromatic N) is 1. The molecule has 2 aliphatic rings. The Hall–Kier alpha value is -1.35. The van der Waals surface area contributed by atoms with Crippen LogP contribution in [0.4, 0.5) is 0 Å². The van der Waals surface area contributed by atoms with E-state index < -0.39 is 0 Å². The average molecular weight is 258 g/mol. The monoisotopic (exact) mass is 258 g/mol. The molecule has 2 heterocycles. The van der Waals surface area contributed by atoms with Crippen LogP contribution in [0.25, 0.3) is 0 Å². The Balaban J connectivity index is 1.73. The molecule has 0 aromatic heterocycles. The highest BCUT2D eigenvalue weighted by atomic mass is 16.2. The van der Waals surface area contributed by atoms with E-state index >= 15 is 0 Å². The van der Waals surface area contributed by atoms with E-state index in [1.807, 2.05) is 0 Å². The predicted octanol–water partition coefficient (Wildman–Crippen LogP) is 1.76. The van der Waals surface area contributed by atoms with Gasteiger partial charge in [-0.25, -0.2) is 0 Å². The van der Waals surface area contributed by atoms with Crippen molar-refractivity contribution in [1.29, 1.82) is 0 Å². The number of hydrogen-bond donors (Lipinski definition) is 1. The summed E-state index contributed by atoms with van der Waals surface area (Å²) < 4.78 is 0. The highest BCUT2D eigenvalue weighted by Crippen LogP contribution is 2.23. The molecule has 102 valence electrons. The van der Waals surface area contributed by atoms with Gasteiger partial charge in [0.2, 0.25) is 5.91 Å². The van der Waals surface area contributed by atoms with Gasteiger partial charge in [-0.1, -0.05) is 24.3 Å². The van der Waals surface area contributed by atoms with E-state index in [9.17, 15) is 4.79 Å². The third-order valence-electron chi connectivity index (χ3n) is 4.55. The lowest BCUT2D eigenvalue weighted by atomic mass is 9.98. The lowest BCUT2D eigenvalue weighted by Gasteiger charge is -2.31. The Bertz CT molecular complexity index is 450. The lowest BCUT2D eigenvalue weighted by molar-refractivity contribution is -0.137. The SMILES string of the molecule is CC1(C(=O)N2CCc3ccccc3CC2)CCCN1. The van der Waals surface area contributed by atoms with E-state index in [4.69, 9.17) is 0 Å². The Morgan fingerprint density at radius 1 is 1.21 bits per heavy atom. The fraction of sp³-hybridized carbons (Fsp3) is 0.562. The number of hydrogen-bond acceptors (Lipinski definition) is 2. The molecule has 19 heavy (non-hydrogen) atoms. The summed E-state index contributed by atoms with van der Waals surface area (Å²) in [6.07, 6.45) is 4.04. The smallest absolute Gasteiger partial charge is 0.242 e. The van der Waals surface area contributed by atoms with E-state index in [-0.39, 0.29) is 11.4 Å². The third kappa shape index (κ3) is 2.39. The number of benzene rings is 1. The van der Waals surface area contributed by atoms with Gasteiger partial charge in [-0.15, -0.1) is 0 Å². The standard InChI is InChI=1S/C16H22N2O/c1-16(9-4-10-17-16)15(19)18-11-7-13-5-2-3-6-14(13)8-12-18/h2-3,5-6,17H,4,7-12H2,1H3. The van der Waals surface area contributed by atoms with E-state index in [0.717, 1.165) is 45.3 Å². The van der Waals surface area contributed by atoms with Crippen molar-refractivity contribution in [2.75, 3.05) is 19.6 Å². The van der Waals surface area contributed by atoms with Crippen molar-refractivity contribution in [3.63, 3.8) is 0 Å². The normalized spacial score (nSPS) is 26.9. The zero-order valence-electron chi connectivity index (χ0n) is 11.6. The van der Waals surface area contributed by atoms with Crippen molar-refractivity contribution in [2.45, 2.75) is 38.1 Å². The second-order valence-electron chi connectivity index (χ2n) is 5.92. The Morgan fingerprint density at radius 2 is 1.84 bits per heavy atom. The largest absolute Gasteiger partial charge is 0.340 e. The summed E-state index contributed by atoms with van der Waals surface area (Å²) in [6, 6.07) is 8.57. The van der Waals surface area contributed by atoms with Crippen molar-refractivity contribution in [1.82, 2.24) is 10.2 Å². The molecule has 0 aliphatic carbocycles. The highest BCUT2D eigenvalue weighted by Gasteiger charge is 2.39. The molecule has 3 rings (SSSR count). The average Bonchev–Trinajstić information content (AvgIpc) is 2.76. The van der Waals surface area contributed by atoms with Crippen LogP contribution in [0.2, 0.25) is 0 Å². The molecule has 2 aliphatic heterocycles. The van der Waals surface area contributed by atoms with Crippen LogP contribution >= 0.6 is 0 Å². The van der Waals surface area contributed by atoms with Gasteiger partial charge in [-0.2, -0.15) is 0 Å². The fourth-order valence-corrected chi connectivity index (χ4v) is 3.30. The van der Waals surface area contributed by atoms with Gasteiger partial charge in [0, 0.05) is 13.1 Å². The summed E-state index contributed by atoms with van der Waals surface area (Å²) in [5, 5.41) is 3.38. The van der Waals surface area contributed by atoms with Crippen molar-refractivity contribution >= 4 is 5.91 Å². The van der Waals surface area contributed by atoms with Crippen molar-refractivity contribution in [3.05, 3.63) is 35.4 Å². The van der Waals surface area contributed by atoms with Crippen LogP contribution in [-0.4, -0.2) is 36.0 Å². The molecule has 1 amide bonds. The van der Waals surface area contributed by atoms with Crippen LogP contribution in [-0.2, 0) is 17.6 Å². The quantitative estimate of drug-likeness (QED) is 0.832. The van der Waals surface area contributed by atoms with Gasteiger partial charge in [0.1, 0.15) is 0 Å². The van der Waals surface area contributed by atoms with Gasteiger partial charge in [0.15, 0.2) is 0 Å². The molecule has 1 aromatic rings. The Labute approximate surface area is 115 Å². The van der Waals surface area contributed by atoms with E-state index in [1.54, 1.807) is 0 Å². The first-order chi connectivity index (χ1) is 9.19. The van der Waals surface area contributed by atoms with Crippen LogP contribution in [0.15, 0.2) is 24.3 Å².